The fraction of sp³-hybridized carbons (Fsp3) is 0.471. The Kier molecular flexibility index (Phi) is 3.44. The molecule has 112 valence electrons. The number of carboxylic acid groups (broad SMARTS) is 1. The minimum Gasteiger partial charge on any atom is -0.478 e. The summed E-state index contributed by atoms with van der Waals surface area (Å²) in [5.41, 5.74) is 1.86. The second-order valence-electron chi connectivity index (χ2n) is 6.89. The van der Waals surface area contributed by atoms with Gasteiger partial charge in [0.1, 0.15) is 5.00 Å². The topological polar surface area (TPSA) is 42.2 Å². The lowest BCUT2D eigenvalue weighted by Gasteiger charge is -2.33. The van der Waals surface area contributed by atoms with Crippen molar-refractivity contribution >= 4 is 17.3 Å². The van der Waals surface area contributed by atoms with Crippen LogP contribution in [0.1, 0.15) is 48.0 Å². The summed E-state index contributed by atoms with van der Waals surface area (Å²) in [7, 11) is 0. The van der Waals surface area contributed by atoms with Crippen LogP contribution in [-0.2, 0) is 12.8 Å². The Hall–Kier alpha value is -1.55. The Morgan fingerprint density at radius 1 is 1.33 bits per heavy atom. The summed E-state index contributed by atoms with van der Waals surface area (Å²) in [6, 6.07) is 3.87. The van der Waals surface area contributed by atoms with E-state index < -0.39 is 5.97 Å². The van der Waals surface area contributed by atoms with Crippen LogP contribution in [0.2, 0.25) is 0 Å². The molecule has 21 heavy (non-hydrogen) atoms. The van der Waals surface area contributed by atoms with Crippen molar-refractivity contribution in [3.05, 3.63) is 40.5 Å². The first-order chi connectivity index (χ1) is 9.88. The monoisotopic (exact) mass is 303 g/mol. The fourth-order valence-electron chi connectivity index (χ4n) is 3.18. The van der Waals surface area contributed by atoms with E-state index in [1.165, 1.54) is 4.88 Å². The van der Waals surface area contributed by atoms with Crippen molar-refractivity contribution in [3.63, 3.8) is 0 Å². The van der Waals surface area contributed by atoms with Crippen molar-refractivity contribution in [2.45, 2.75) is 40.0 Å². The predicted molar refractivity (Wildman–Crippen MR) is 85.6 cm³/mol. The van der Waals surface area contributed by atoms with Gasteiger partial charge in [0.2, 0.25) is 0 Å². The molecule has 4 heteroatoms. The van der Waals surface area contributed by atoms with Crippen LogP contribution in [0.3, 0.4) is 0 Å². The molecule has 1 aliphatic carbocycles. The average Bonchev–Trinajstić information content (AvgIpc) is 3.03. The third kappa shape index (κ3) is 2.53. The van der Waals surface area contributed by atoms with Gasteiger partial charge in [0.15, 0.2) is 0 Å². The maximum Gasteiger partial charge on any atom is 0.339 e. The molecule has 0 spiro atoms. The highest BCUT2D eigenvalue weighted by Crippen LogP contribution is 2.43. The highest BCUT2D eigenvalue weighted by Gasteiger charge is 2.33. The van der Waals surface area contributed by atoms with Crippen LogP contribution in [0, 0.1) is 11.3 Å². The van der Waals surface area contributed by atoms with Crippen LogP contribution in [0.4, 0.5) is 0 Å². The molecule has 3 rings (SSSR count). The Morgan fingerprint density at radius 2 is 2.00 bits per heavy atom. The maximum absolute atomic E-state index is 11.7. The molecule has 0 saturated heterocycles. The SMILES string of the molecule is CC(C)(C)[C@H]1CCc2c(sc(-n3cccc3)c2C(=O)O)C1. The maximum atomic E-state index is 11.7. The van der Waals surface area contributed by atoms with Crippen LogP contribution < -0.4 is 0 Å². The van der Waals surface area contributed by atoms with Crippen molar-refractivity contribution in [1.82, 2.24) is 4.57 Å². The number of hydrogen-bond acceptors (Lipinski definition) is 2. The van der Waals surface area contributed by atoms with Crippen molar-refractivity contribution in [1.29, 1.82) is 0 Å². The summed E-state index contributed by atoms with van der Waals surface area (Å²) in [5.74, 6) is -0.173. The fourth-order valence-corrected chi connectivity index (χ4v) is 4.57. The minimum absolute atomic E-state index is 0.276. The van der Waals surface area contributed by atoms with Gasteiger partial charge in [-0.2, -0.15) is 0 Å². The van der Waals surface area contributed by atoms with E-state index in [4.69, 9.17) is 0 Å². The van der Waals surface area contributed by atoms with Gasteiger partial charge in [0, 0.05) is 17.3 Å². The summed E-state index contributed by atoms with van der Waals surface area (Å²) < 4.78 is 1.93. The number of thiophene rings is 1. The van der Waals surface area contributed by atoms with Gasteiger partial charge in [-0.05, 0) is 48.3 Å². The molecule has 0 aliphatic heterocycles. The Labute approximate surface area is 129 Å². The van der Waals surface area contributed by atoms with Crippen molar-refractivity contribution in [2.24, 2.45) is 11.3 Å². The van der Waals surface area contributed by atoms with Gasteiger partial charge in [-0.3, -0.25) is 0 Å². The van der Waals surface area contributed by atoms with E-state index in [0.29, 0.717) is 11.5 Å². The summed E-state index contributed by atoms with van der Waals surface area (Å²) in [5, 5.41) is 10.5. The zero-order valence-electron chi connectivity index (χ0n) is 12.7. The second-order valence-corrected chi connectivity index (χ2v) is 7.97. The van der Waals surface area contributed by atoms with Gasteiger partial charge in [-0.1, -0.05) is 20.8 Å². The second kappa shape index (κ2) is 5.02. The van der Waals surface area contributed by atoms with Crippen molar-refractivity contribution in [3.8, 4) is 5.00 Å². The van der Waals surface area contributed by atoms with Gasteiger partial charge in [0.25, 0.3) is 0 Å². The molecule has 0 unspecified atom stereocenters. The first-order valence-electron chi connectivity index (χ1n) is 7.39. The Bertz CT molecular complexity index is 662. The van der Waals surface area contributed by atoms with Crippen LogP contribution in [0.25, 0.3) is 5.00 Å². The summed E-state index contributed by atoms with van der Waals surface area (Å²) >= 11 is 1.65. The van der Waals surface area contributed by atoms with E-state index in [-0.39, 0.29) is 5.41 Å². The summed E-state index contributed by atoms with van der Waals surface area (Å²) in [6.45, 7) is 6.84. The predicted octanol–water partition coefficient (Wildman–Crippen LogP) is 4.39. The summed E-state index contributed by atoms with van der Waals surface area (Å²) in [4.78, 5) is 13.0. The largest absolute Gasteiger partial charge is 0.478 e. The van der Waals surface area contributed by atoms with Crippen LogP contribution >= 0.6 is 11.3 Å². The molecule has 2 aromatic heterocycles. The molecule has 1 atom stereocenters. The van der Waals surface area contributed by atoms with Crippen LogP contribution in [0.5, 0.6) is 0 Å². The quantitative estimate of drug-likeness (QED) is 0.894. The molecule has 3 nitrogen and oxygen atoms in total. The molecule has 1 aliphatic rings. The highest BCUT2D eigenvalue weighted by atomic mass is 32.1. The number of aromatic nitrogens is 1. The first kappa shape index (κ1) is 14.4. The van der Waals surface area contributed by atoms with Gasteiger partial charge >= 0.3 is 5.97 Å². The lowest BCUT2D eigenvalue weighted by molar-refractivity contribution is 0.0695. The third-order valence-electron chi connectivity index (χ3n) is 4.52. The number of rotatable bonds is 2. The van der Waals surface area contributed by atoms with Gasteiger partial charge < -0.3 is 9.67 Å². The number of aromatic carboxylic acids is 1. The zero-order valence-corrected chi connectivity index (χ0v) is 13.5. The number of fused-ring (bicyclic) bond motifs is 1. The molecule has 1 N–H and O–H groups in total. The number of carbonyl (C=O) groups is 1. The molecular formula is C17H21NO2S. The molecule has 0 amide bonds. The van der Waals surface area contributed by atoms with Crippen LogP contribution in [-0.4, -0.2) is 15.6 Å². The van der Waals surface area contributed by atoms with E-state index in [2.05, 4.69) is 20.8 Å². The third-order valence-corrected chi connectivity index (χ3v) is 5.79. The number of nitrogens with zero attached hydrogens (tertiary/aromatic N) is 1. The summed E-state index contributed by atoms with van der Waals surface area (Å²) in [6.07, 6.45) is 6.82. The van der Waals surface area contributed by atoms with E-state index in [9.17, 15) is 9.90 Å². The Balaban J connectivity index is 2.07. The molecule has 0 fully saturated rings. The normalized spacial score (nSPS) is 18.5. The lowest BCUT2D eigenvalue weighted by Crippen LogP contribution is -2.26. The minimum atomic E-state index is -0.801. The highest BCUT2D eigenvalue weighted by molar-refractivity contribution is 7.15. The lowest BCUT2D eigenvalue weighted by atomic mass is 9.72. The van der Waals surface area contributed by atoms with Crippen molar-refractivity contribution < 1.29 is 9.90 Å². The molecule has 2 aromatic rings. The van der Waals surface area contributed by atoms with E-state index in [0.717, 1.165) is 29.8 Å². The van der Waals surface area contributed by atoms with E-state index >= 15 is 0 Å². The Morgan fingerprint density at radius 3 is 2.57 bits per heavy atom. The molecular weight excluding hydrogens is 282 g/mol. The molecule has 0 aromatic carbocycles. The average molecular weight is 303 g/mol. The molecule has 0 bridgehead atoms. The first-order valence-corrected chi connectivity index (χ1v) is 8.20. The van der Waals surface area contributed by atoms with Crippen LogP contribution in [0.15, 0.2) is 24.5 Å². The number of hydrogen-bond donors (Lipinski definition) is 1. The number of carboxylic acids is 1. The van der Waals surface area contributed by atoms with E-state index in [1.807, 2.05) is 29.1 Å². The molecule has 0 saturated carbocycles. The van der Waals surface area contributed by atoms with Gasteiger partial charge in [-0.15, -0.1) is 11.3 Å². The van der Waals surface area contributed by atoms with Gasteiger partial charge in [0.05, 0.1) is 5.56 Å². The van der Waals surface area contributed by atoms with Crippen molar-refractivity contribution in [2.75, 3.05) is 0 Å². The zero-order chi connectivity index (χ0) is 15.2. The standard InChI is InChI=1S/C17H21NO2S/c1-17(2,3)11-6-7-12-13(10-11)21-15(14(12)16(19)20)18-8-4-5-9-18/h4-5,8-9,11H,6-7,10H2,1-3H3,(H,19,20)/t11-/m0/s1. The van der Waals surface area contributed by atoms with E-state index in [1.54, 1.807) is 11.3 Å². The van der Waals surface area contributed by atoms with Gasteiger partial charge in [-0.25, -0.2) is 4.79 Å². The smallest absolute Gasteiger partial charge is 0.339 e. The molecule has 2 heterocycles. The molecule has 0 radical (unpaired) electrons.